The van der Waals surface area contributed by atoms with Crippen molar-refractivity contribution in [3.05, 3.63) is 48.0 Å². The van der Waals surface area contributed by atoms with Gasteiger partial charge in [0.2, 0.25) is 5.91 Å². The van der Waals surface area contributed by atoms with Crippen LogP contribution in [0.1, 0.15) is 77.1 Å². The van der Waals surface area contributed by atoms with Crippen LogP contribution in [0.4, 0.5) is 11.4 Å². The third kappa shape index (κ3) is 11.5. The molecule has 0 aliphatic carbocycles. The first-order valence-electron chi connectivity index (χ1n) is 15.8. The fraction of sp³-hybridized carbons (Fsp3) is 0.500. The summed E-state index contributed by atoms with van der Waals surface area (Å²) in [6, 6.07) is 12.0. The lowest BCUT2D eigenvalue weighted by atomic mass is 9.95. The van der Waals surface area contributed by atoms with Gasteiger partial charge in [-0.15, -0.1) is 0 Å². The van der Waals surface area contributed by atoms with Crippen molar-refractivity contribution in [2.75, 3.05) is 23.8 Å². The first-order chi connectivity index (χ1) is 22.9. The molecule has 0 saturated carbocycles. The van der Waals surface area contributed by atoms with E-state index in [1.54, 1.807) is 36.4 Å². The van der Waals surface area contributed by atoms with Gasteiger partial charge in [-0.25, -0.2) is 0 Å². The zero-order valence-electron chi connectivity index (χ0n) is 27.7. The Morgan fingerprint density at radius 3 is 1.83 bits per heavy atom. The van der Waals surface area contributed by atoms with Crippen molar-refractivity contribution in [1.82, 2.24) is 0 Å². The Balaban J connectivity index is 1.62. The largest absolute Gasteiger partial charge is 0.492 e. The molecule has 2 N–H and O–H groups in total. The lowest BCUT2D eigenvalue weighted by Crippen LogP contribution is -2.59. The predicted octanol–water partition coefficient (Wildman–Crippen LogP) is 5.54. The minimum atomic E-state index is -1.08. The summed E-state index contributed by atoms with van der Waals surface area (Å²) in [4.78, 5) is 61.3. The van der Waals surface area contributed by atoms with E-state index < -0.39 is 47.3 Å². The van der Waals surface area contributed by atoms with E-state index in [0.717, 1.165) is 0 Å². The molecule has 13 nitrogen and oxygen atoms in total. The van der Waals surface area contributed by atoms with Gasteiger partial charge >= 0.3 is 17.9 Å². The van der Waals surface area contributed by atoms with E-state index in [1.165, 1.54) is 20.8 Å². The average Bonchev–Trinajstić information content (AvgIpc) is 3.02. The van der Waals surface area contributed by atoms with E-state index in [-0.39, 0.29) is 18.2 Å². The molecular weight excluding hydrogens is 692 g/mol. The molecule has 14 heteroatoms. The van der Waals surface area contributed by atoms with Crippen molar-refractivity contribution < 1.29 is 52.4 Å². The number of carbonyl (C=O) groups is 5. The lowest BCUT2D eigenvalue weighted by molar-refractivity contribution is -0.231. The molecule has 262 valence electrons. The Bertz CT molecular complexity index is 1420. The SMILES string of the molecule is CCOc1cc(NC(=O)c2ccccc2)c(OCC)cc1NC(=O)CCCCC[C@@H]1O[C@H](Br)[C@@H](OC(C)=O)[C@H](OC(C)=O)[C@@H]1OC(C)=O. The summed E-state index contributed by atoms with van der Waals surface area (Å²) >= 11 is 3.36. The smallest absolute Gasteiger partial charge is 0.303 e. The second-order valence-corrected chi connectivity index (χ2v) is 11.8. The van der Waals surface area contributed by atoms with Crippen molar-refractivity contribution in [2.24, 2.45) is 0 Å². The summed E-state index contributed by atoms with van der Waals surface area (Å²) in [6.07, 6.45) is -1.43. The van der Waals surface area contributed by atoms with Gasteiger partial charge in [-0.3, -0.25) is 24.0 Å². The van der Waals surface area contributed by atoms with Crippen molar-refractivity contribution >= 4 is 57.0 Å². The van der Waals surface area contributed by atoms with Crippen LogP contribution in [0.5, 0.6) is 11.5 Å². The first-order valence-corrected chi connectivity index (χ1v) is 16.8. The van der Waals surface area contributed by atoms with Crippen LogP contribution in [-0.4, -0.2) is 72.4 Å². The average molecular weight is 736 g/mol. The number of hydrogen-bond acceptors (Lipinski definition) is 11. The molecule has 0 spiro atoms. The number of ether oxygens (including phenoxy) is 6. The molecule has 5 atom stereocenters. The Hall–Kier alpha value is -4.17. The Labute approximate surface area is 288 Å². The summed E-state index contributed by atoms with van der Waals surface area (Å²) in [5.41, 5.74) is 1.30. The second-order valence-electron chi connectivity index (χ2n) is 10.9. The monoisotopic (exact) mass is 734 g/mol. The molecule has 1 heterocycles. The molecule has 1 aliphatic heterocycles. The van der Waals surface area contributed by atoms with E-state index in [9.17, 15) is 24.0 Å². The number of halogens is 1. The Morgan fingerprint density at radius 1 is 0.729 bits per heavy atom. The molecule has 1 fully saturated rings. The number of unbranched alkanes of at least 4 members (excludes halogenated alkanes) is 2. The maximum Gasteiger partial charge on any atom is 0.303 e. The maximum absolute atomic E-state index is 13.0. The molecule has 1 aliphatic rings. The van der Waals surface area contributed by atoms with Gasteiger partial charge in [-0.1, -0.05) is 47.0 Å². The van der Waals surface area contributed by atoms with E-state index in [2.05, 4.69) is 26.6 Å². The summed E-state index contributed by atoms with van der Waals surface area (Å²) in [7, 11) is 0. The predicted molar refractivity (Wildman–Crippen MR) is 179 cm³/mol. The van der Waals surface area contributed by atoms with Crippen molar-refractivity contribution in [1.29, 1.82) is 0 Å². The molecule has 3 rings (SSSR count). The van der Waals surface area contributed by atoms with Gasteiger partial charge in [0.25, 0.3) is 5.91 Å². The van der Waals surface area contributed by atoms with Crippen LogP contribution in [0.3, 0.4) is 0 Å². The van der Waals surface area contributed by atoms with Crippen molar-refractivity contribution in [3.63, 3.8) is 0 Å². The van der Waals surface area contributed by atoms with Gasteiger partial charge in [-0.2, -0.15) is 0 Å². The zero-order chi connectivity index (χ0) is 35.2. The normalized spacial score (nSPS) is 20.2. The Kier molecular flexibility index (Phi) is 15.1. The van der Waals surface area contributed by atoms with E-state index in [1.807, 2.05) is 19.9 Å². The zero-order valence-corrected chi connectivity index (χ0v) is 29.3. The van der Waals surface area contributed by atoms with Gasteiger partial charge in [-0.05, 0) is 38.8 Å². The minimum absolute atomic E-state index is 0.201. The number of benzene rings is 2. The van der Waals surface area contributed by atoms with Crippen LogP contribution in [0.25, 0.3) is 0 Å². The molecule has 0 unspecified atom stereocenters. The molecule has 2 aromatic rings. The minimum Gasteiger partial charge on any atom is -0.492 e. The molecule has 2 aromatic carbocycles. The third-order valence-corrected chi connectivity index (χ3v) is 7.85. The number of anilines is 2. The number of amides is 2. The van der Waals surface area contributed by atoms with Crippen LogP contribution in [-0.2, 0) is 38.1 Å². The van der Waals surface area contributed by atoms with Gasteiger partial charge in [0.15, 0.2) is 23.3 Å². The summed E-state index contributed by atoms with van der Waals surface area (Å²) in [5, 5.41) is 4.94. The molecule has 0 aromatic heterocycles. The van der Waals surface area contributed by atoms with Crippen LogP contribution >= 0.6 is 15.9 Å². The fourth-order valence-electron chi connectivity index (χ4n) is 5.18. The third-order valence-electron chi connectivity index (χ3n) is 7.12. The molecule has 2 amide bonds. The van der Waals surface area contributed by atoms with Crippen molar-refractivity contribution in [3.8, 4) is 11.5 Å². The van der Waals surface area contributed by atoms with E-state index >= 15 is 0 Å². The molecule has 48 heavy (non-hydrogen) atoms. The highest BCUT2D eigenvalue weighted by Gasteiger charge is 2.50. The summed E-state index contributed by atoms with van der Waals surface area (Å²) in [5.74, 6) is -1.66. The van der Waals surface area contributed by atoms with Crippen LogP contribution in [0.15, 0.2) is 42.5 Å². The number of carbonyl (C=O) groups excluding carboxylic acids is 5. The quantitative estimate of drug-likeness (QED) is 0.0963. The van der Waals surface area contributed by atoms with Gasteiger partial charge in [0.1, 0.15) is 17.6 Å². The summed E-state index contributed by atoms with van der Waals surface area (Å²) in [6.45, 7) is 7.94. The molecule has 0 bridgehead atoms. The second kappa shape index (κ2) is 19.0. The van der Waals surface area contributed by atoms with Gasteiger partial charge in [0, 0.05) is 44.9 Å². The number of nitrogens with one attached hydrogen (secondary N) is 2. The lowest BCUT2D eigenvalue weighted by Gasteiger charge is -2.43. The van der Waals surface area contributed by atoms with Crippen molar-refractivity contribution in [2.45, 2.75) is 96.2 Å². The summed E-state index contributed by atoms with van der Waals surface area (Å²) < 4.78 is 33.8. The number of esters is 3. The van der Waals surface area contributed by atoms with E-state index in [4.69, 9.17) is 28.4 Å². The maximum atomic E-state index is 13.0. The molecule has 0 radical (unpaired) electrons. The number of hydrogen-bond donors (Lipinski definition) is 2. The van der Waals surface area contributed by atoms with Crippen LogP contribution < -0.4 is 20.1 Å². The van der Waals surface area contributed by atoms with E-state index in [0.29, 0.717) is 67.3 Å². The Morgan fingerprint density at radius 2 is 1.27 bits per heavy atom. The van der Waals surface area contributed by atoms with Crippen LogP contribution in [0.2, 0.25) is 0 Å². The highest BCUT2D eigenvalue weighted by Crippen LogP contribution is 2.38. The number of alkyl halides is 1. The molecule has 1 saturated heterocycles. The van der Waals surface area contributed by atoms with Gasteiger partial charge in [0.05, 0.1) is 24.6 Å². The van der Waals surface area contributed by atoms with Gasteiger partial charge < -0.3 is 39.1 Å². The van der Waals surface area contributed by atoms with Crippen LogP contribution in [0, 0.1) is 0 Å². The molecular formula is C34H43BrN2O11. The number of rotatable bonds is 16. The topological polar surface area (TPSA) is 165 Å². The first kappa shape index (κ1) is 38.3. The highest BCUT2D eigenvalue weighted by atomic mass is 79.9. The fourth-order valence-corrected chi connectivity index (χ4v) is 5.87. The standard InChI is InChI=1S/C34H43BrN2O11/c1-6-43-27-19-25(37-34(42)23-14-10-8-11-15-23)28(44-7-2)18-24(27)36-29(41)17-13-9-12-16-26-30(45-20(3)38)31(46-21(4)39)32(33(35)48-26)47-22(5)40/h8,10-11,14-15,18-19,26,30-33H,6-7,9,12-13,16-17H2,1-5H3,(H,36,41)(H,37,42)/t26-,30+,31+,32-,33-/m0/s1. The highest BCUT2D eigenvalue weighted by molar-refractivity contribution is 9.09.